The van der Waals surface area contributed by atoms with E-state index in [1.165, 1.54) is 0 Å². The number of anilines is 1. The normalized spacial score (nSPS) is 19.8. The van der Waals surface area contributed by atoms with Crippen molar-refractivity contribution in [3.63, 3.8) is 0 Å². The van der Waals surface area contributed by atoms with Crippen molar-refractivity contribution in [2.24, 2.45) is 11.7 Å². The summed E-state index contributed by atoms with van der Waals surface area (Å²) < 4.78 is 5.08. The van der Waals surface area contributed by atoms with E-state index in [1.54, 1.807) is 0 Å². The lowest BCUT2D eigenvalue weighted by Gasteiger charge is -2.32. The Morgan fingerprint density at radius 2 is 1.74 bits per heavy atom. The number of nitrogens with one attached hydrogen (secondary N) is 1. The van der Waals surface area contributed by atoms with Crippen molar-refractivity contribution < 1.29 is 14.3 Å². The van der Waals surface area contributed by atoms with Crippen molar-refractivity contribution in [1.29, 1.82) is 0 Å². The van der Waals surface area contributed by atoms with Gasteiger partial charge < -0.3 is 20.7 Å². The standard InChI is InChI=1S/C30H35N5O3/c1-30(2,31)23-12-10-22(11-13-23)28-25(21-6-4-3-5-7-21)19-26(33-34-28)32-27(36)18-20-8-14-24(15-9-20)35-16-17-38-29(35)37/h3-7,10-13,19-20,24H,8-9,14-18,31H2,1-2H3,(H,32,33,36)/t20-,24-. The van der Waals surface area contributed by atoms with Crippen LogP contribution >= 0.6 is 0 Å². The van der Waals surface area contributed by atoms with Crippen molar-refractivity contribution in [2.75, 3.05) is 18.5 Å². The third kappa shape index (κ3) is 5.86. The molecule has 0 spiro atoms. The molecule has 1 saturated carbocycles. The van der Waals surface area contributed by atoms with Gasteiger partial charge >= 0.3 is 6.09 Å². The van der Waals surface area contributed by atoms with Crippen LogP contribution in [0.5, 0.6) is 0 Å². The van der Waals surface area contributed by atoms with Crippen LogP contribution in [-0.2, 0) is 15.1 Å². The van der Waals surface area contributed by atoms with Crippen LogP contribution in [0.3, 0.4) is 0 Å². The minimum Gasteiger partial charge on any atom is -0.448 e. The van der Waals surface area contributed by atoms with E-state index in [4.69, 9.17) is 10.5 Å². The van der Waals surface area contributed by atoms with E-state index in [2.05, 4.69) is 15.5 Å². The van der Waals surface area contributed by atoms with Gasteiger partial charge in [0, 0.05) is 29.1 Å². The number of cyclic esters (lactones) is 1. The molecule has 1 aromatic heterocycles. The third-order valence-electron chi connectivity index (χ3n) is 7.57. The molecule has 2 heterocycles. The summed E-state index contributed by atoms with van der Waals surface area (Å²) >= 11 is 0. The molecule has 2 aliphatic rings. The fourth-order valence-corrected chi connectivity index (χ4v) is 5.42. The molecule has 1 aliphatic heterocycles. The Morgan fingerprint density at radius 3 is 2.37 bits per heavy atom. The van der Waals surface area contributed by atoms with Crippen molar-refractivity contribution in [2.45, 2.75) is 57.5 Å². The Balaban J connectivity index is 1.28. The maximum atomic E-state index is 12.9. The van der Waals surface area contributed by atoms with Gasteiger partial charge in [-0.05, 0) is 62.6 Å². The number of hydrogen-bond donors (Lipinski definition) is 2. The first-order valence-corrected chi connectivity index (χ1v) is 13.3. The van der Waals surface area contributed by atoms with Crippen LogP contribution < -0.4 is 11.1 Å². The van der Waals surface area contributed by atoms with Gasteiger partial charge in [0.2, 0.25) is 5.91 Å². The van der Waals surface area contributed by atoms with Crippen LogP contribution in [0, 0.1) is 5.92 Å². The molecule has 0 radical (unpaired) electrons. The highest BCUT2D eigenvalue weighted by Gasteiger charge is 2.33. The van der Waals surface area contributed by atoms with Gasteiger partial charge in [-0.2, -0.15) is 0 Å². The molecule has 1 saturated heterocycles. The van der Waals surface area contributed by atoms with Crippen LogP contribution in [0.2, 0.25) is 0 Å². The molecule has 3 aromatic rings. The second-order valence-corrected chi connectivity index (χ2v) is 10.9. The van der Waals surface area contributed by atoms with Crippen molar-refractivity contribution >= 4 is 17.8 Å². The Bertz CT molecular complexity index is 1280. The van der Waals surface area contributed by atoms with E-state index in [1.807, 2.05) is 79.4 Å². The molecule has 1 aliphatic carbocycles. The second kappa shape index (κ2) is 10.9. The van der Waals surface area contributed by atoms with Gasteiger partial charge in [0.1, 0.15) is 12.3 Å². The smallest absolute Gasteiger partial charge is 0.410 e. The molecule has 198 valence electrons. The van der Waals surface area contributed by atoms with E-state index >= 15 is 0 Å². The summed E-state index contributed by atoms with van der Waals surface area (Å²) in [6, 6.07) is 20.2. The molecular formula is C30H35N5O3. The largest absolute Gasteiger partial charge is 0.448 e. The maximum absolute atomic E-state index is 12.9. The Morgan fingerprint density at radius 1 is 1.03 bits per heavy atom. The summed E-state index contributed by atoms with van der Waals surface area (Å²) in [6.45, 7) is 5.10. The number of carbonyl (C=O) groups is 2. The molecule has 0 unspecified atom stereocenters. The highest BCUT2D eigenvalue weighted by Crippen LogP contribution is 2.34. The second-order valence-electron chi connectivity index (χ2n) is 10.9. The molecule has 5 rings (SSSR count). The van der Waals surface area contributed by atoms with E-state index in [0.29, 0.717) is 25.4 Å². The molecule has 8 nitrogen and oxygen atoms in total. The summed E-state index contributed by atoms with van der Waals surface area (Å²) in [5.41, 5.74) is 10.4. The van der Waals surface area contributed by atoms with Gasteiger partial charge in [0.05, 0.1) is 6.54 Å². The number of aromatic nitrogens is 2. The van der Waals surface area contributed by atoms with Gasteiger partial charge in [-0.1, -0.05) is 54.6 Å². The highest BCUT2D eigenvalue weighted by molar-refractivity contribution is 5.91. The number of hydrogen-bond acceptors (Lipinski definition) is 6. The topological polar surface area (TPSA) is 110 Å². The van der Waals surface area contributed by atoms with E-state index in [-0.39, 0.29) is 24.0 Å². The lowest BCUT2D eigenvalue weighted by atomic mass is 9.83. The quantitative estimate of drug-likeness (QED) is 0.441. The number of benzene rings is 2. The predicted octanol–water partition coefficient (Wildman–Crippen LogP) is 5.34. The van der Waals surface area contributed by atoms with Crippen LogP contribution in [-0.4, -0.2) is 46.3 Å². The minimum absolute atomic E-state index is 0.0652. The first kappa shape index (κ1) is 25.9. The number of carbonyl (C=O) groups excluding carboxylic acids is 2. The fourth-order valence-electron chi connectivity index (χ4n) is 5.42. The molecule has 0 bridgehead atoms. The average molecular weight is 514 g/mol. The van der Waals surface area contributed by atoms with Crippen molar-refractivity contribution in [3.8, 4) is 22.4 Å². The van der Waals surface area contributed by atoms with Gasteiger partial charge in [-0.15, -0.1) is 10.2 Å². The lowest BCUT2D eigenvalue weighted by Crippen LogP contribution is -2.39. The molecule has 0 atom stereocenters. The number of nitrogens with zero attached hydrogens (tertiary/aromatic N) is 3. The number of ether oxygens (including phenoxy) is 1. The molecule has 2 fully saturated rings. The number of rotatable bonds is 7. The van der Waals surface area contributed by atoms with Crippen molar-refractivity contribution in [1.82, 2.24) is 15.1 Å². The first-order valence-electron chi connectivity index (χ1n) is 13.3. The minimum atomic E-state index is -0.431. The predicted molar refractivity (Wildman–Crippen MR) is 147 cm³/mol. The Kier molecular flexibility index (Phi) is 7.42. The first-order chi connectivity index (χ1) is 18.3. The monoisotopic (exact) mass is 513 g/mol. The van der Waals surface area contributed by atoms with Gasteiger partial charge in [0.15, 0.2) is 5.82 Å². The summed E-state index contributed by atoms with van der Waals surface area (Å²) in [5, 5.41) is 11.9. The van der Waals surface area contributed by atoms with E-state index in [0.717, 1.165) is 53.6 Å². The molecule has 2 aromatic carbocycles. The fraction of sp³-hybridized carbons (Fsp3) is 0.400. The van der Waals surface area contributed by atoms with Crippen LogP contribution in [0.1, 0.15) is 51.5 Å². The molecule has 2 amide bonds. The zero-order valence-electron chi connectivity index (χ0n) is 22.0. The lowest BCUT2D eigenvalue weighted by molar-refractivity contribution is -0.117. The number of nitrogens with two attached hydrogens (primary N) is 1. The van der Waals surface area contributed by atoms with Crippen molar-refractivity contribution in [3.05, 3.63) is 66.2 Å². The zero-order chi connectivity index (χ0) is 26.7. The summed E-state index contributed by atoms with van der Waals surface area (Å²) in [5.74, 6) is 0.659. The van der Waals surface area contributed by atoms with Crippen LogP contribution in [0.25, 0.3) is 22.4 Å². The molecule has 8 heteroatoms. The Labute approximate surface area is 223 Å². The summed E-state index contributed by atoms with van der Waals surface area (Å²) in [4.78, 5) is 26.6. The number of amides is 2. The zero-order valence-corrected chi connectivity index (χ0v) is 22.0. The van der Waals surface area contributed by atoms with Gasteiger partial charge in [0.25, 0.3) is 0 Å². The summed E-state index contributed by atoms with van der Waals surface area (Å²) in [7, 11) is 0. The highest BCUT2D eigenvalue weighted by atomic mass is 16.6. The van der Waals surface area contributed by atoms with Gasteiger partial charge in [-0.3, -0.25) is 4.79 Å². The summed E-state index contributed by atoms with van der Waals surface area (Å²) in [6.07, 6.45) is 3.85. The average Bonchev–Trinajstić information content (AvgIpc) is 3.35. The third-order valence-corrected chi connectivity index (χ3v) is 7.57. The van der Waals surface area contributed by atoms with Crippen LogP contribution in [0.15, 0.2) is 60.7 Å². The SMILES string of the molecule is CC(C)(N)c1ccc(-c2nnc(NC(=O)C[C@H]3CC[C@H](N4CCOC4=O)CC3)cc2-c2ccccc2)cc1. The van der Waals surface area contributed by atoms with Crippen LogP contribution in [0.4, 0.5) is 10.6 Å². The molecule has 38 heavy (non-hydrogen) atoms. The molecular weight excluding hydrogens is 478 g/mol. The van der Waals surface area contributed by atoms with E-state index in [9.17, 15) is 9.59 Å². The van der Waals surface area contributed by atoms with E-state index < -0.39 is 5.54 Å². The molecule has 3 N–H and O–H groups in total. The Hall–Kier alpha value is -3.78. The van der Waals surface area contributed by atoms with Gasteiger partial charge in [-0.25, -0.2) is 4.79 Å². The maximum Gasteiger partial charge on any atom is 0.410 e.